The summed E-state index contributed by atoms with van der Waals surface area (Å²) in [6.07, 6.45) is 1.81. The molecule has 0 atom stereocenters. The van der Waals surface area contributed by atoms with Crippen molar-refractivity contribution in [3.05, 3.63) is 71.2 Å². The van der Waals surface area contributed by atoms with E-state index in [0.29, 0.717) is 17.1 Å². The number of benzene rings is 2. The molecule has 0 aliphatic carbocycles. The molecule has 1 N–H and O–H groups in total. The molecule has 0 aliphatic rings. The minimum atomic E-state index is -0.0317. The summed E-state index contributed by atoms with van der Waals surface area (Å²) >= 11 is 3.25. The lowest BCUT2D eigenvalue weighted by Gasteiger charge is -2.11. The predicted octanol–water partition coefficient (Wildman–Crippen LogP) is 6.20. The van der Waals surface area contributed by atoms with E-state index < -0.39 is 0 Å². The molecule has 4 rings (SSSR count). The lowest BCUT2D eigenvalue weighted by atomic mass is 10.1. The fourth-order valence-corrected chi connectivity index (χ4v) is 4.89. The van der Waals surface area contributed by atoms with E-state index in [1.165, 1.54) is 25.3 Å². The lowest BCUT2D eigenvalue weighted by Crippen LogP contribution is -1.92. The topological polar surface area (TPSA) is 64.5 Å². The average Bonchev–Trinajstić information content (AvgIpc) is 3.28. The second-order valence-electron chi connectivity index (χ2n) is 6.90. The zero-order chi connectivity index (χ0) is 21.8. The number of hydrogen-bond acceptors (Lipinski definition) is 7. The van der Waals surface area contributed by atoms with Gasteiger partial charge in [-0.2, -0.15) is 0 Å². The summed E-state index contributed by atoms with van der Waals surface area (Å²) in [5.74, 6) is 1.54. The van der Waals surface area contributed by atoms with Gasteiger partial charge in [-0.1, -0.05) is 29.8 Å². The highest BCUT2D eigenvalue weighted by Crippen LogP contribution is 2.44. The number of phenolic OH excluding ortho intramolecular Hbond substituents is 1. The van der Waals surface area contributed by atoms with Crippen LogP contribution in [0.2, 0.25) is 0 Å². The van der Waals surface area contributed by atoms with Gasteiger partial charge in [0.05, 0.1) is 24.9 Å². The maximum atomic E-state index is 10.4. The Balaban J connectivity index is 1.57. The van der Waals surface area contributed by atoms with Gasteiger partial charge in [0.2, 0.25) is 5.75 Å². The molecular weight excluding hydrogens is 428 g/mol. The number of hydrogen-bond donors (Lipinski definition) is 1. The van der Waals surface area contributed by atoms with E-state index in [1.807, 2.05) is 23.7 Å². The summed E-state index contributed by atoms with van der Waals surface area (Å²) in [6.45, 7) is 2.10. The van der Waals surface area contributed by atoms with E-state index in [4.69, 9.17) is 14.5 Å². The molecule has 0 bridgehead atoms. The van der Waals surface area contributed by atoms with Gasteiger partial charge >= 0.3 is 0 Å². The largest absolute Gasteiger partial charge is 0.502 e. The van der Waals surface area contributed by atoms with E-state index in [-0.39, 0.29) is 5.75 Å². The number of ether oxygens (including phenoxy) is 2. The minimum absolute atomic E-state index is 0.0317. The highest BCUT2D eigenvalue weighted by atomic mass is 32.2. The quantitative estimate of drug-likeness (QED) is 0.338. The van der Waals surface area contributed by atoms with Gasteiger partial charge < -0.3 is 14.6 Å². The molecule has 0 amide bonds. The highest BCUT2D eigenvalue weighted by molar-refractivity contribution is 7.98. The van der Waals surface area contributed by atoms with Crippen molar-refractivity contribution in [3.8, 4) is 39.1 Å². The highest BCUT2D eigenvalue weighted by Gasteiger charge is 2.18. The summed E-state index contributed by atoms with van der Waals surface area (Å²) in [4.78, 5) is 9.27. The van der Waals surface area contributed by atoms with E-state index >= 15 is 0 Å². The van der Waals surface area contributed by atoms with Crippen LogP contribution >= 0.6 is 23.1 Å². The molecule has 0 saturated carbocycles. The van der Waals surface area contributed by atoms with Gasteiger partial charge in [-0.15, -0.1) is 23.1 Å². The first-order valence-corrected chi connectivity index (χ1v) is 11.5. The number of phenols is 1. The van der Waals surface area contributed by atoms with Gasteiger partial charge in [0.1, 0.15) is 5.01 Å². The first kappa shape index (κ1) is 21.2. The number of methoxy groups -OCH3 is 2. The molecule has 4 aromatic rings. The molecule has 0 unspecified atom stereocenters. The van der Waals surface area contributed by atoms with Crippen LogP contribution in [0.3, 0.4) is 0 Å². The van der Waals surface area contributed by atoms with Gasteiger partial charge in [-0.3, -0.25) is 0 Å². The van der Waals surface area contributed by atoms with Crippen molar-refractivity contribution < 1.29 is 14.6 Å². The fourth-order valence-electron chi connectivity index (χ4n) is 3.24. The number of nitrogens with zero attached hydrogens (tertiary/aromatic N) is 2. The van der Waals surface area contributed by atoms with Crippen LogP contribution < -0.4 is 9.47 Å². The molecule has 0 saturated heterocycles. The van der Waals surface area contributed by atoms with Crippen molar-refractivity contribution in [1.29, 1.82) is 0 Å². The molecule has 5 nitrogen and oxygen atoms in total. The zero-order valence-corrected chi connectivity index (χ0v) is 19.1. The maximum Gasteiger partial charge on any atom is 0.201 e. The van der Waals surface area contributed by atoms with E-state index in [2.05, 4.69) is 42.2 Å². The smallest absolute Gasteiger partial charge is 0.201 e. The number of aromatic nitrogens is 2. The number of aromatic hydroxyl groups is 1. The van der Waals surface area contributed by atoms with Crippen LogP contribution in [0.5, 0.6) is 17.2 Å². The molecular formula is C24H22N2O3S2. The van der Waals surface area contributed by atoms with Crippen molar-refractivity contribution in [2.24, 2.45) is 0 Å². The molecule has 0 spiro atoms. The summed E-state index contributed by atoms with van der Waals surface area (Å²) < 4.78 is 10.6. The second-order valence-corrected chi connectivity index (χ2v) is 8.75. The van der Waals surface area contributed by atoms with Crippen molar-refractivity contribution in [1.82, 2.24) is 9.97 Å². The van der Waals surface area contributed by atoms with Crippen LogP contribution in [-0.4, -0.2) is 29.3 Å². The van der Waals surface area contributed by atoms with Gasteiger partial charge in [-0.25, -0.2) is 9.97 Å². The first-order chi connectivity index (χ1) is 15.1. The van der Waals surface area contributed by atoms with E-state index in [1.54, 1.807) is 29.2 Å². The second kappa shape index (κ2) is 9.41. The van der Waals surface area contributed by atoms with Crippen molar-refractivity contribution in [3.63, 3.8) is 0 Å². The van der Waals surface area contributed by atoms with E-state index in [0.717, 1.165) is 27.0 Å². The summed E-state index contributed by atoms with van der Waals surface area (Å²) in [5, 5.41) is 14.2. The summed E-state index contributed by atoms with van der Waals surface area (Å²) in [7, 11) is 3.03. The summed E-state index contributed by atoms with van der Waals surface area (Å²) in [6, 6.07) is 16.1. The van der Waals surface area contributed by atoms with Crippen LogP contribution in [0, 0.1) is 6.92 Å². The molecule has 2 aromatic carbocycles. The third kappa shape index (κ3) is 4.68. The number of thiazole rings is 1. The number of thioether (sulfide) groups is 1. The summed E-state index contributed by atoms with van der Waals surface area (Å²) in [5.41, 5.74) is 5.00. The van der Waals surface area contributed by atoms with Crippen LogP contribution in [0.25, 0.3) is 21.8 Å². The van der Waals surface area contributed by atoms with Crippen LogP contribution in [-0.2, 0) is 5.75 Å². The maximum absolute atomic E-state index is 10.4. The van der Waals surface area contributed by atoms with Crippen LogP contribution in [0.4, 0.5) is 0 Å². The number of rotatable bonds is 7. The van der Waals surface area contributed by atoms with Crippen LogP contribution in [0.1, 0.15) is 11.1 Å². The molecule has 2 heterocycles. The van der Waals surface area contributed by atoms with Gasteiger partial charge in [0, 0.05) is 28.5 Å². The number of pyridine rings is 1. The lowest BCUT2D eigenvalue weighted by molar-refractivity contribution is 0.341. The average molecular weight is 451 g/mol. The normalized spacial score (nSPS) is 10.8. The van der Waals surface area contributed by atoms with E-state index in [9.17, 15) is 5.11 Å². The molecule has 158 valence electrons. The monoisotopic (exact) mass is 450 g/mol. The predicted molar refractivity (Wildman–Crippen MR) is 126 cm³/mol. The number of aryl methyl sites for hydroxylation is 1. The molecule has 0 radical (unpaired) electrons. The van der Waals surface area contributed by atoms with Crippen molar-refractivity contribution in [2.45, 2.75) is 17.7 Å². The van der Waals surface area contributed by atoms with Gasteiger partial charge in [0.15, 0.2) is 11.5 Å². The third-order valence-corrected chi connectivity index (χ3v) is 6.64. The fraction of sp³-hybridized carbons (Fsp3) is 0.167. The van der Waals surface area contributed by atoms with Crippen LogP contribution in [0.15, 0.2) is 65.1 Å². The Morgan fingerprint density at radius 2 is 1.94 bits per heavy atom. The van der Waals surface area contributed by atoms with Gasteiger partial charge in [0.25, 0.3) is 0 Å². The minimum Gasteiger partial charge on any atom is -0.502 e. The Bertz CT molecular complexity index is 1210. The van der Waals surface area contributed by atoms with Crippen molar-refractivity contribution >= 4 is 23.1 Å². The Hall–Kier alpha value is -3.03. The zero-order valence-electron chi connectivity index (χ0n) is 17.5. The standard InChI is InChI=1S/C24H22N2O3S2/c1-15-5-4-6-16(11-15)13-30-21-12-17(9-10-25-21)24-26-19(14-31-24)18-7-8-20(28-2)22(27)23(18)29-3/h4-12,14,27H,13H2,1-3H3. The first-order valence-electron chi connectivity index (χ1n) is 9.63. The Morgan fingerprint density at radius 1 is 1.06 bits per heavy atom. The molecule has 0 fully saturated rings. The Morgan fingerprint density at radius 3 is 2.71 bits per heavy atom. The Labute approximate surface area is 189 Å². The Kier molecular flexibility index (Phi) is 6.44. The van der Waals surface area contributed by atoms with Gasteiger partial charge in [-0.05, 0) is 36.8 Å². The van der Waals surface area contributed by atoms with Crippen molar-refractivity contribution in [2.75, 3.05) is 14.2 Å². The molecule has 0 aliphatic heterocycles. The molecule has 7 heteroatoms. The third-order valence-electron chi connectivity index (χ3n) is 4.75. The SMILES string of the molecule is COc1ccc(-c2csc(-c3ccnc(SCc4cccc(C)c4)c3)n2)c(OC)c1O. The molecule has 2 aromatic heterocycles. The molecule has 31 heavy (non-hydrogen) atoms.